The van der Waals surface area contributed by atoms with Crippen molar-refractivity contribution in [2.24, 2.45) is 5.10 Å². The third kappa shape index (κ3) is 3.60. The molecule has 108 valence electrons. The number of nitrogens with zero attached hydrogens (tertiary/aromatic N) is 3. The van der Waals surface area contributed by atoms with Crippen molar-refractivity contribution < 1.29 is 9.90 Å². The first-order chi connectivity index (χ1) is 10.0. The van der Waals surface area contributed by atoms with Gasteiger partial charge in [-0.15, -0.1) is 0 Å². The third-order valence-corrected chi connectivity index (χ3v) is 3.44. The summed E-state index contributed by atoms with van der Waals surface area (Å²) in [5.41, 5.74) is 3.00. The molecule has 0 bridgehead atoms. The monoisotopic (exact) mass is 344 g/mol. The lowest BCUT2D eigenvalue weighted by atomic mass is 10.3. The van der Waals surface area contributed by atoms with Crippen LogP contribution in [0, 0.1) is 0 Å². The highest BCUT2D eigenvalue weighted by atomic mass is 35.5. The Morgan fingerprint density at radius 2 is 1.90 bits per heavy atom. The molecule has 0 aliphatic carbocycles. The fourth-order valence-electron chi connectivity index (χ4n) is 1.37. The van der Waals surface area contributed by atoms with E-state index in [4.69, 9.17) is 39.9 Å². The van der Waals surface area contributed by atoms with Gasteiger partial charge in [-0.1, -0.05) is 34.8 Å². The van der Waals surface area contributed by atoms with Gasteiger partial charge in [-0.25, -0.2) is 9.78 Å². The van der Waals surface area contributed by atoms with Crippen LogP contribution in [0.15, 0.2) is 29.6 Å². The molecule has 2 N–H and O–H groups in total. The van der Waals surface area contributed by atoms with Gasteiger partial charge in [-0.3, -0.25) is 10.4 Å². The van der Waals surface area contributed by atoms with Gasteiger partial charge in [0.2, 0.25) is 0 Å². The maximum absolute atomic E-state index is 11.0. The number of aromatic carboxylic acids is 1. The Morgan fingerprint density at radius 3 is 2.52 bits per heavy atom. The highest BCUT2D eigenvalue weighted by Gasteiger charge is 2.20. The number of carbonyl (C=O) groups is 1. The second-order valence-electron chi connectivity index (χ2n) is 3.71. The standard InChI is InChI=1S/C12H7Cl3N4O2/c13-7-9(8(14)11(15)18-10(7)12(20)21)19-17-5-6-1-3-16-4-2-6/h1-5H,(H,18,19)(H,20,21)/b17-5-. The van der Waals surface area contributed by atoms with Crippen molar-refractivity contribution in [3.05, 3.63) is 51.0 Å². The van der Waals surface area contributed by atoms with Crippen LogP contribution in [0.2, 0.25) is 15.2 Å². The summed E-state index contributed by atoms with van der Waals surface area (Å²) in [7, 11) is 0. The number of nitrogens with one attached hydrogen (secondary N) is 1. The van der Waals surface area contributed by atoms with Crippen LogP contribution in [0.25, 0.3) is 0 Å². The van der Waals surface area contributed by atoms with Gasteiger partial charge in [-0.2, -0.15) is 5.10 Å². The van der Waals surface area contributed by atoms with Crippen molar-refractivity contribution in [2.75, 3.05) is 5.43 Å². The Hall–Kier alpha value is -1.89. The molecular formula is C12H7Cl3N4O2. The van der Waals surface area contributed by atoms with E-state index in [1.54, 1.807) is 24.5 Å². The maximum atomic E-state index is 11.0. The van der Waals surface area contributed by atoms with Gasteiger partial charge >= 0.3 is 5.97 Å². The second kappa shape index (κ2) is 6.71. The summed E-state index contributed by atoms with van der Waals surface area (Å²) in [6.45, 7) is 0. The molecule has 21 heavy (non-hydrogen) atoms. The lowest BCUT2D eigenvalue weighted by molar-refractivity contribution is 0.0691. The zero-order valence-corrected chi connectivity index (χ0v) is 12.5. The Bertz CT molecular complexity index is 707. The first-order valence-corrected chi connectivity index (χ1v) is 6.61. The van der Waals surface area contributed by atoms with E-state index in [9.17, 15) is 4.79 Å². The molecular weight excluding hydrogens is 339 g/mol. The number of anilines is 1. The van der Waals surface area contributed by atoms with Gasteiger partial charge in [0.25, 0.3) is 0 Å². The van der Waals surface area contributed by atoms with Crippen LogP contribution in [0.4, 0.5) is 5.69 Å². The average Bonchev–Trinajstić information content (AvgIpc) is 2.47. The van der Waals surface area contributed by atoms with Gasteiger partial charge in [0.05, 0.1) is 11.9 Å². The number of hydrazone groups is 1. The van der Waals surface area contributed by atoms with Crippen molar-refractivity contribution in [3.8, 4) is 0 Å². The molecule has 0 saturated heterocycles. The molecule has 0 fully saturated rings. The van der Waals surface area contributed by atoms with Crippen molar-refractivity contribution >= 4 is 52.7 Å². The fourth-order valence-corrected chi connectivity index (χ4v) is 2.04. The van der Waals surface area contributed by atoms with E-state index in [-0.39, 0.29) is 20.9 Å². The predicted octanol–water partition coefficient (Wildman–Crippen LogP) is 3.58. The molecule has 0 amide bonds. The van der Waals surface area contributed by atoms with E-state index in [2.05, 4.69) is 20.5 Å². The van der Waals surface area contributed by atoms with Crippen molar-refractivity contribution in [2.45, 2.75) is 0 Å². The molecule has 2 aromatic heterocycles. The van der Waals surface area contributed by atoms with Crippen LogP contribution < -0.4 is 5.43 Å². The summed E-state index contributed by atoms with van der Waals surface area (Å²) in [5.74, 6) is -1.32. The van der Waals surface area contributed by atoms with Crippen LogP contribution >= 0.6 is 34.8 Å². The van der Waals surface area contributed by atoms with Gasteiger partial charge in [-0.05, 0) is 17.7 Å². The molecule has 2 heterocycles. The lowest BCUT2D eigenvalue weighted by Gasteiger charge is -2.09. The molecule has 0 radical (unpaired) electrons. The van der Waals surface area contributed by atoms with E-state index in [1.807, 2.05) is 0 Å². The number of carboxylic acids is 1. The lowest BCUT2D eigenvalue weighted by Crippen LogP contribution is -2.05. The number of hydrogen-bond acceptors (Lipinski definition) is 5. The van der Waals surface area contributed by atoms with Crippen LogP contribution in [0.5, 0.6) is 0 Å². The minimum atomic E-state index is -1.32. The molecule has 0 aliphatic rings. The highest BCUT2D eigenvalue weighted by molar-refractivity contribution is 6.46. The Kier molecular flexibility index (Phi) is 4.95. The summed E-state index contributed by atoms with van der Waals surface area (Å²) < 4.78 is 0. The third-order valence-electron chi connectivity index (χ3n) is 2.34. The van der Waals surface area contributed by atoms with Crippen LogP contribution in [-0.4, -0.2) is 27.3 Å². The summed E-state index contributed by atoms with van der Waals surface area (Å²) in [5, 5.41) is 12.5. The van der Waals surface area contributed by atoms with Gasteiger partial charge in [0, 0.05) is 12.4 Å². The van der Waals surface area contributed by atoms with Gasteiger partial charge in [0.15, 0.2) is 10.8 Å². The number of aromatic nitrogens is 2. The summed E-state index contributed by atoms with van der Waals surface area (Å²) >= 11 is 17.6. The van der Waals surface area contributed by atoms with Crippen molar-refractivity contribution in [3.63, 3.8) is 0 Å². The van der Waals surface area contributed by atoms with Gasteiger partial charge in [0.1, 0.15) is 10.0 Å². The predicted molar refractivity (Wildman–Crippen MR) is 81.7 cm³/mol. The van der Waals surface area contributed by atoms with E-state index in [0.717, 1.165) is 5.56 Å². The number of pyridine rings is 2. The maximum Gasteiger partial charge on any atom is 0.356 e. The molecule has 9 heteroatoms. The van der Waals surface area contributed by atoms with Gasteiger partial charge < -0.3 is 5.11 Å². The SMILES string of the molecule is O=C(O)c1nc(Cl)c(Cl)c(N/N=C\c2ccncc2)c1Cl. The highest BCUT2D eigenvalue weighted by Crippen LogP contribution is 2.36. The molecule has 0 saturated carbocycles. The first kappa shape index (κ1) is 15.5. The van der Waals surface area contributed by atoms with E-state index in [1.165, 1.54) is 6.21 Å². The topological polar surface area (TPSA) is 87.5 Å². The zero-order chi connectivity index (χ0) is 15.4. The fraction of sp³-hybridized carbons (Fsp3) is 0. The second-order valence-corrected chi connectivity index (χ2v) is 4.82. The summed E-state index contributed by atoms with van der Waals surface area (Å²) in [4.78, 5) is 18.5. The first-order valence-electron chi connectivity index (χ1n) is 5.47. The Balaban J connectivity index is 2.31. The van der Waals surface area contributed by atoms with Crippen LogP contribution in [-0.2, 0) is 0 Å². The van der Waals surface area contributed by atoms with Crippen molar-refractivity contribution in [1.29, 1.82) is 0 Å². The summed E-state index contributed by atoms with van der Waals surface area (Å²) in [6.07, 6.45) is 4.70. The molecule has 2 aromatic rings. The Morgan fingerprint density at radius 1 is 1.24 bits per heavy atom. The smallest absolute Gasteiger partial charge is 0.356 e. The minimum Gasteiger partial charge on any atom is -0.476 e. The average molecular weight is 346 g/mol. The van der Waals surface area contributed by atoms with E-state index < -0.39 is 11.7 Å². The van der Waals surface area contributed by atoms with Crippen LogP contribution in [0.1, 0.15) is 16.1 Å². The minimum absolute atomic E-state index is 0.0152. The largest absolute Gasteiger partial charge is 0.476 e. The molecule has 0 aliphatic heterocycles. The van der Waals surface area contributed by atoms with E-state index in [0.29, 0.717) is 0 Å². The molecule has 6 nitrogen and oxygen atoms in total. The molecule has 2 rings (SSSR count). The molecule has 0 aromatic carbocycles. The number of halogens is 3. The molecule has 0 spiro atoms. The number of carboxylic acid groups (broad SMARTS) is 1. The summed E-state index contributed by atoms with van der Waals surface area (Å²) in [6, 6.07) is 3.47. The zero-order valence-electron chi connectivity index (χ0n) is 10.2. The number of hydrogen-bond donors (Lipinski definition) is 2. The Labute approximate surface area is 134 Å². The van der Waals surface area contributed by atoms with E-state index >= 15 is 0 Å². The molecule has 0 atom stereocenters. The molecule has 0 unspecified atom stereocenters. The van der Waals surface area contributed by atoms with Crippen LogP contribution in [0.3, 0.4) is 0 Å². The normalized spacial score (nSPS) is 10.8. The number of rotatable bonds is 4. The van der Waals surface area contributed by atoms with Crippen molar-refractivity contribution in [1.82, 2.24) is 9.97 Å². The quantitative estimate of drug-likeness (QED) is 0.502.